The summed E-state index contributed by atoms with van der Waals surface area (Å²) in [6.45, 7) is 2.52. The Kier molecular flexibility index (Phi) is 5.51. The van der Waals surface area contributed by atoms with Gasteiger partial charge in [-0.1, -0.05) is 30.3 Å². The molecule has 4 nitrogen and oxygen atoms in total. The number of ether oxygens (including phenoxy) is 3. The van der Waals surface area contributed by atoms with Crippen LogP contribution in [0.25, 0.3) is 5.76 Å². The zero-order chi connectivity index (χ0) is 17.6. The molecule has 0 bridgehead atoms. The summed E-state index contributed by atoms with van der Waals surface area (Å²) in [6.07, 6.45) is 0.980. The lowest BCUT2D eigenvalue weighted by Gasteiger charge is -2.28. The largest absolute Gasteiger partial charge is 0.497 e. The van der Waals surface area contributed by atoms with E-state index < -0.39 is 0 Å². The third-order valence-corrected chi connectivity index (χ3v) is 4.17. The molecule has 0 aromatic heterocycles. The third-order valence-electron chi connectivity index (χ3n) is 4.17. The second-order valence-electron chi connectivity index (χ2n) is 5.77. The fourth-order valence-corrected chi connectivity index (χ4v) is 2.91. The van der Waals surface area contributed by atoms with Crippen LogP contribution in [0.15, 0.2) is 60.2 Å². The van der Waals surface area contributed by atoms with Gasteiger partial charge >= 0.3 is 0 Å². The minimum atomic E-state index is -0.312. The molecular weight excluding hydrogens is 316 g/mol. The molecule has 130 valence electrons. The molecule has 4 heteroatoms. The van der Waals surface area contributed by atoms with Gasteiger partial charge in [-0.3, -0.25) is 4.79 Å². The van der Waals surface area contributed by atoms with E-state index in [0.717, 1.165) is 11.3 Å². The van der Waals surface area contributed by atoms with Crippen LogP contribution in [0.5, 0.6) is 5.75 Å². The number of benzene rings is 2. The van der Waals surface area contributed by atoms with Crippen LogP contribution in [-0.2, 0) is 9.47 Å². The average molecular weight is 338 g/mol. The number of methoxy groups -OCH3 is 1. The van der Waals surface area contributed by atoms with E-state index in [9.17, 15) is 4.79 Å². The Balaban J connectivity index is 1.97. The molecule has 2 aromatic carbocycles. The van der Waals surface area contributed by atoms with Gasteiger partial charge in [0, 0.05) is 29.7 Å². The quantitative estimate of drug-likeness (QED) is 0.729. The van der Waals surface area contributed by atoms with Crippen LogP contribution in [0.3, 0.4) is 0 Å². The summed E-state index contributed by atoms with van der Waals surface area (Å²) in [6, 6.07) is 16.9. The van der Waals surface area contributed by atoms with Crippen LogP contribution in [0, 0.1) is 0 Å². The highest BCUT2D eigenvalue weighted by molar-refractivity contribution is 6.12. The summed E-state index contributed by atoms with van der Waals surface area (Å²) in [7, 11) is 1.61. The van der Waals surface area contributed by atoms with Gasteiger partial charge in [-0.2, -0.15) is 0 Å². The Morgan fingerprint density at radius 1 is 1.12 bits per heavy atom. The Hall–Kier alpha value is -2.59. The third kappa shape index (κ3) is 3.91. The number of hydrogen-bond donors (Lipinski definition) is 0. The van der Waals surface area contributed by atoms with Crippen molar-refractivity contribution in [3.8, 4) is 5.75 Å². The highest BCUT2D eigenvalue weighted by atomic mass is 16.7. The summed E-state index contributed by atoms with van der Waals surface area (Å²) in [5.41, 5.74) is 2.21. The molecule has 1 heterocycles. The normalized spacial score (nSPS) is 17.1. The highest BCUT2D eigenvalue weighted by Crippen LogP contribution is 2.33. The molecule has 0 amide bonds. The maximum Gasteiger partial charge on any atom is 0.200 e. The van der Waals surface area contributed by atoms with E-state index in [2.05, 4.69) is 0 Å². The molecule has 1 aliphatic heterocycles. The summed E-state index contributed by atoms with van der Waals surface area (Å²) >= 11 is 0. The van der Waals surface area contributed by atoms with E-state index in [-0.39, 0.29) is 12.1 Å². The van der Waals surface area contributed by atoms with E-state index in [1.165, 1.54) is 0 Å². The predicted molar refractivity (Wildman–Crippen MR) is 96.4 cm³/mol. The number of carbonyl (C=O) groups is 1. The zero-order valence-electron chi connectivity index (χ0n) is 14.5. The predicted octanol–water partition coefficient (Wildman–Crippen LogP) is 4.46. The molecule has 0 saturated carbocycles. The van der Waals surface area contributed by atoms with Gasteiger partial charge in [-0.15, -0.1) is 0 Å². The molecule has 0 radical (unpaired) electrons. The van der Waals surface area contributed by atoms with E-state index in [1.807, 2.05) is 37.3 Å². The molecule has 0 aliphatic carbocycles. The van der Waals surface area contributed by atoms with Crippen LogP contribution in [0.4, 0.5) is 0 Å². The number of ketones is 1. The first-order valence-corrected chi connectivity index (χ1v) is 8.48. The van der Waals surface area contributed by atoms with E-state index in [1.54, 1.807) is 31.4 Å². The van der Waals surface area contributed by atoms with Crippen molar-refractivity contribution < 1.29 is 19.0 Å². The fraction of sp³-hybridized carbons (Fsp3) is 0.286. The van der Waals surface area contributed by atoms with Gasteiger partial charge in [0.25, 0.3) is 0 Å². The van der Waals surface area contributed by atoms with Crippen LogP contribution >= 0.6 is 0 Å². The van der Waals surface area contributed by atoms with Gasteiger partial charge in [0.15, 0.2) is 12.1 Å². The van der Waals surface area contributed by atoms with Gasteiger partial charge in [0.2, 0.25) is 0 Å². The highest BCUT2D eigenvalue weighted by Gasteiger charge is 2.28. The van der Waals surface area contributed by atoms with Gasteiger partial charge in [-0.05, 0) is 37.6 Å². The topological polar surface area (TPSA) is 44.8 Å². The van der Waals surface area contributed by atoms with Crippen molar-refractivity contribution in [2.45, 2.75) is 26.1 Å². The lowest BCUT2D eigenvalue weighted by molar-refractivity contribution is -0.102. The fourth-order valence-electron chi connectivity index (χ4n) is 2.91. The first-order valence-electron chi connectivity index (χ1n) is 8.48. The molecule has 3 rings (SSSR count). The second kappa shape index (κ2) is 7.99. The lowest BCUT2D eigenvalue weighted by Crippen LogP contribution is -2.24. The van der Waals surface area contributed by atoms with Crippen molar-refractivity contribution in [1.29, 1.82) is 0 Å². The molecule has 0 N–H and O–H groups in total. The maximum atomic E-state index is 13.0. The summed E-state index contributed by atoms with van der Waals surface area (Å²) in [5.74, 6) is 1.33. The molecule has 1 aliphatic rings. The van der Waals surface area contributed by atoms with Gasteiger partial charge in [-0.25, -0.2) is 0 Å². The van der Waals surface area contributed by atoms with Crippen LogP contribution in [0.1, 0.15) is 35.7 Å². The van der Waals surface area contributed by atoms with Crippen molar-refractivity contribution in [3.63, 3.8) is 0 Å². The molecule has 1 atom stereocenters. The van der Waals surface area contributed by atoms with E-state index in [0.29, 0.717) is 36.3 Å². The molecule has 1 unspecified atom stereocenters. The van der Waals surface area contributed by atoms with Crippen LogP contribution in [-0.4, -0.2) is 25.8 Å². The summed E-state index contributed by atoms with van der Waals surface area (Å²) in [4.78, 5) is 13.0. The summed E-state index contributed by atoms with van der Waals surface area (Å²) in [5, 5.41) is 0. The number of hydrogen-bond acceptors (Lipinski definition) is 4. The van der Waals surface area contributed by atoms with Crippen LogP contribution < -0.4 is 4.74 Å². The van der Waals surface area contributed by atoms with Crippen molar-refractivity contribution in [1.82, 2.24) is 0 Å². The summed E-state index contributed by atoms with van der Waals surface area (Å²) < 4.78 is 16.8. The SMILES string of the molecule is CCOC1CCC(C(=O)c2ccc(OC)cc2)=C(c2ccccc2)O1. The first-order chi connectivity index (χ1) is 12.2. The molecule has 0 fully saturated rings. The minimum absolute atomic E-state index is 0.0172. The maximum absolute atomic E-state index is 13.0. The smallest absolute Gasteiger partial charge is 0.200 e. The standard InChI is InChI=1S/C21H22O4/c1-3-24-19-14-13-18(21(25-19)16-7-5-4-6-8-16)20(22)15-9-11-17(23-2)12-10-15/h4-12,19H,3,13-14H2,1-2H3. The molecule has 25 heavy (non-hydrogen) atoms. The Bertz CT molecular complexity index is 747. The second-order valence-corrected chi connectivity index (χ2v) is 5.77. The van der Waals surface area contributed by atoms with Crippen molar-refractivity contribution in [2.24, 2.45) is 0 Å². The number of carbonyl (C=O) groups excluding carboxylic acids is 1. The average Bonchev–Trinajstić information content (AvgIpc) is 2.68. The Morgan fingerprint density at radius 3 is 2.48 bits per heavy atom. The Labute approximate surface area is 148 Å². The zero-order valence-corrected chi connectivity index (χ0v) is 14.5. The molecular formula is C21H22O4. The van der Waals surface area contributed by atoms with Crippen LogP contribution in [0.2, 0.25) is 0 Å². The van der Waals surface area contributed by atoms with Crippen molar-refractivity contribution >= 4 is 11.5 Å². The Morgan fingerprint density at radius 2 is 1.84 bits per heavy atom. The minimum Gasteiger partial charge on any atom is -0.497 e. The van der Waals surface area contributed by atoms with E-state index in [4.69, 9.17) is 14.2 Å². The molecule has 2 aromatic rings. The number of rotatable bonds is 6. The van der Waals surface area contributed by atoms with Gasteiger partial charge in [0.05, 0.1) is 7.11 Å². The number of allylic oxidation sites excluding steroid dienone is 1. The monoisotopic (exact) mass is 338 g/mol. The lowest BCUT2D eigenvalue weighted by atomic mass is 9.94. The van der Waals surface area contributed by atoms with Gasteiger partial charge < -0.3 is 14.2 Å². The molecule has 0 saturated heterocycles. The molecule has 0 spiro atoms. The van der Waals surface area contributed by atoms with E-state index >= 15 is 0 Å². The van der Waals surface area contributed by atoms with Gasteiger partial charge in [0.1, 0.15) is 11.5 Å². The number of Topliss-reactive ketones (excluding diaryl/α,β-unsaturated/α-hetero) is 1. The first kappa shape index (κ1) is 17.2. The van der Waals surface area contributed by atoms with Crippen molar-refractivity contribution in [3.05, 3.63) is 71.3 Å². The van der Waals surface area contributed by atoms with Crippen molar-refractivity contribution in [2.75, 3.05) is 13.7 Å².